The van der Waals surface area contributed by atoms with E-state index in [2.05, 4.69) is 21.2 Å². The first kappa shape index (κ1) is 17.9. The van der Waals surface area contributed by atoms with E-state index >= 15 is 0 Å². The summed E-state index contributed by atoms with van der Waals surface area (Å²) in [6, 6.07) is 13.3. The number of anilines is 1. The Kier molecular flexibility index (Phi) is 6.32. The minimum absolute atomic E-state index is 0.327. The number of hydrogen-bond donors (Lipinski definition) is 1. The molecule has 124 valence electrons. The van der Waals surface area contributed by atoms with Crippen molar-refractivity contribution in [3.05, 3.63) is 69.7 Å². The van der Waals surface area contributed by atoms with Crippen LogP contribution < -0.4 is 5.32 Å². The Hall–Kier alpha value is -2.40. The van der Waals surface area contributed by atoms with E-state index in [4.69, 9.17) is 4.74 Å². The number of carbonyl (C=O) groups excluding carboxylic acids is 2. The Labute approximate surface area is 149 Å². The van der Waals surface area contributed by atoms with Gasteiger partial charge in [0, 0.05) is 16.2 Å². The highest BCUT2D eigenvalue weighted by Gasteiger charge is 2.07. The van der Waals surface area contributed by atoms with E-state index < -0.39 is 5.97 Å². The quantitative estimate of drug-likeness (QED) is 0.615. The lowest BCUT2D eigenvalue weighted by Crippen LogP contribution is -2.20. The predicted molar refractivity (Wildman–Crippen MR) is 98.7 cm³/mol. The number of hydrogen-bond acceptors (Lipinski definition) is 3. The number of amides is 1. The molecule has 0 heterocycles. The molecule has 0 saturated heterocycles. The van der Waals surface area contributed by atoms with Crippen LogP contribution in [-0.4, -0.2) is 18.5 Å². The molecule has 2 rings (SSSR count). The molecule has 24 heavy (non-hydrogen) atoms. The minimum atomic E-state index is -0.568. The molecule has 0 saturated carbocycles. The maximum absolute atomic E-state index is 11.9. The molecule has 0 radical (unpaired) electrons. The Morgan fingerprint density at radius 2 is 1.92 bits per heavy atom. The number of rotatable bonds is 5. The predicted octanol–water partition coefficient (Wildman–Crippen LogP) is 4.26. The topological polar surface area (TPSA) is 55.4 Å². The molecule has 0 aliphatic heterocycles. The third-order valence-corrected chi connectivity index (χ3v) is 4.04. The average Bonchev–Trinajstić information content (AvgIpc) is 2.55. The number of esters is 1. The van der Waals surface area contributed by atoms with Gasteiger partial charge in [-0.05, 0) is 48.7 Å². The molecule has 0 unspecified atom stereocenters. The minimum Gasteiger partial charge on any atom is -0.452 e. The first-order valence-corrected chi connectivity index (χ1v) is 8.21. The van der Waals surface area contributed by atoms with Gasteiger partial charge in [-0.1, -0.05) is 46.3 Å². The number of benzene rings is 2. The summed E-state index contributed by atoms with van der Waals surface area (Å²) in [5, 5.41) is 2.74. The molecule has 0 aliphatic rings. The van der Waals surface area contributed by atoms with Gasteiger partial charge in [0.15, 0.2) is 6.61 Å². The van der Waals surface area contributed by atoms with Gasteiger partial charge in [0.2, 0.25) is 0 Å². The first-order valence-electron chi connectivity index (χ1n) is 7.42. The zero-order chi connectivity index (χ0) is 17.5. The summed E-state index contributed by atoms with van der Waals surface area (Å²) in [6.07, 6.45) is 2.93. The summed E-state index contributed by atoms with van der Waals surface area (Å²) in [5.41, 5.74) is 3.58. The fraction of sp³-hybridized carbons (Fsp3) is 0.158. The van der Waals surface area contributed by atoms with E-state index in [1.807, 2.05) is 56.3 Å². The molecule has 0 bridgehead atoms. The van der Waals surface area contributed by atoms with Crippen molar-refractivity contribution in [1.29, 1.82) is 0 Å². The van der Waals surface area contributed by atoms with E-state index in [9.17, 15) is 9.59 Å². The summed E-state index contributed by atoms with van der Waals surface area (Å²) >= 11 is 3.39. The molecular weight excluding hydrogens is 370 g/mol. The molecule has 5 heteroatoms. The molecule has 0 aliphatic carbocycles. The largest absolute Gasteiger partial charge is 0.452 e. The molecule has 0 aromatic heterocycles. The van der Waals surface area contributed by atoms with Crippen LogP contribution in [0.4, 0.5) is 5.69 Å². The van der Waals surface area contributed by atoms with Gasteiger partial charge in [-0.2, -0.15) is 0 Å². The van der Waals surface area contributed by atoms with Crippen LogP contribution in [-0.2, 0) is 14.3 Å². The summed E-state index contributed by atoms with van der Waals surface area (Å²) in [5.74, 6) is -0.937. The highest BCUT2D eigenvalue weighted by atomic mass is 79.9. The van der Waals surface area contributed by atoms with Crippen molar-refractivity contribution in [3.8, 4) is 0 Å². The molecule has 2 aromatic carbocycles. The molecule has 4 nitrogen and oxygen atoms in total. The van der Waals surface area contributed by atoms with Crippen molar-refractivity contribution in [3.63, 3.8) is 0 Å². The van der Waals surface area contributed by atoms with Gasteiger partial charge < -0.3 is 10.1 Å². The smallest absolute Gasteiger partial charge is 0.331 e. The maximum Gasteiger partial charge on any atom is 0.331 e. The second-order valence-corrected chi connectivity index (χ2v) is 6.18. The Balaban J connectivity index is 1.86. The maximum atomic E-state index is 11.9. The van der Waals surface area contributed by atoms with Crippen molar-refractivity contribution in [1.82, 2.24) is 0 Å². The number of nitrogens with one attached hydrogen (secondary N) is 1. The lowest BCUT2D eigenvalue weighted by molar-refractivity contribution is -0.142. The second-order valence-electron chi connectivity index (χ2n) is 5.33. The van der Waals surface area contributed by atoms with Crippen LogP contribution in [0.25, 0.3) is 6.08 Å². The Morgan fingerprint density at radius 1 is 1.17 bits per heavy atom. The van der Waals surface area contributed by atoms with Gasteiger partial charge in [-0.25, -0.2) is 4.79 Å². The van der Waals surface area contributed by atoms with Crippen molar-refractivity contribution >= 4 is 39.6 Å². The molecule has 1 amide bonds. The van der Waals surface area contributed by atoms with Crippen LogP contribution in [0, 0.1) is 13.8 Å². The van der Waals surface area contributed by atoms with E-state index in [0.29, 0.717) is 0 Å². The van der Waals surface area contributed by atoms with Gasteiger partial charge in [0.1, 0.15) is 0 Å². The highest BCUT2D eigenvalue weighted by Crippen LogP contribution is 2.17. The normalized spacial score (nSPS) is 10.6. The second kappa shape index (κ2) is 8.45. The van der Waals surface area contributed by atoms with Crippen molar-refractivity contribution in [2.45, 2.75) is 13.8 Å². The van der Waals surface area contributed by atoms with Crippen molar-refractivity contribution in [2.75, 3.05) is 11.9 Å². The van der Waals surface area contributed by atoms with Crippen LogP contribution in [0.3, 0.4) is 0 Å². The average molecular weight is 388 g/mol. The number of carbonyl (C=O) groups is 2. The van der Waals surface area contributed by atoms with Crippen LogP contribution in [0.1, 0.15) is 16.7 Å². The van der Waals surface area contributed by atoms with Gasteiger partial charge in [0.25, 0.3) is 5.91 Å². The van der Waals surface area contributed by atoms with Gasteiger partial charge >= 0.3 is 5.97 Å². The van der Waals surface area contributed by atoms with Gasteiger partial charge in [-0.15, -0.1) is 0 Å². The standard InChI is InChI=1S/C19H18BrNO3/c1-13-7-8-14(2)17(11-13)21-18(22)12-24-19(23)10-9-15-5-3-4-6-16(15)20/h3-11H,12H2,1-2H3,(H,21,22)/b10-9+. The molecular formula is C19H18BrNO3. The first-order chi connectivity index (χ1) is 11.5. The third-order valence-electron chi connectivity index (χ3n) is 3.32. The summed E-state index contributed by atoms with van der Waals surface area (Å²) < 4.78 is 5.83. The van der Waals surface area contributed by atoms with Crippen molar-refractivity contribution < 1.29 is 14.3 Å². The lowest BCUT2D eigenvalue weighted by atomic mass is 10.1. The van der Waals surface area contributed by atoms with E-state index in [0.717, 1.165) is 26.9 Å². The fourth-order valence-corrected chi connectivity index (χ4v) is 2.43. The summed E-state index contributed by atoms with van der Waals surface area (Å²) in [4.78, 5) is 23.6. The monoisotopic (exact) mass is 387 g/mol. The molecule has 1 N–H and O–H groups in total. The number of ether oxygens (including phenoxy) is 1. The number of aryl methyl sites for hydroxylation is 2. The summed E-state index contributed by atoms with van der Waals surface area (Å²) in [6.45, 7) is 3.52. The third kappa shape index (κ3) is 5.35. The zero-order valence-electron chi connectivity index (χ0n) is 13.5. The van der Waals surface area contributed by atoms with E-state index in [-0.39, 0.29) is 12.5 Å². The summed E-state index contributed by atoms with van der Waals surface area (Å²) in [7, 11) is 0. The Bertz CT molecular complexity index is 784. The fourth-order valence-electron chi connectivity index (χ4n) is 2.01. The van der Waals surface area contributed by atoms with Gasteiger partial charge in [-0.3, -0.25) is 4.79 Å². The van der Waals surface area contributed by atoms with Crippen LogP contribution in [0.2, 0.25) is 0 Å². The SMILES string of the molecule is Cc1ccc(C)c(NC(=O)COC(=O)/C=C/c2ccccc2Br)c1. The molecule has 2 aromatic rings. The Morgan fingerprint density at radius 3 is 2.67 bits per heavy atom. The van der Waals surface area contributed by atoms with Crippen LogP contribution in [0.5, 0.6) is 0 Å². The lowest BCUT2D eigenvalue weighted by Gasteiger charge is -2.09. The number of halogens is 1. The van der Waals surface area contributed by atoms with Crippen LogP contribution >= 0.6 is 15.9 Å². The van der Waals surface area contributed by atoms with E-state index in [1.54, 1.807) is 6.08 Å². The van der Waals surface area contributed by atoms with Crippen molar-refractivity contribution in [2.24, 2.45) is 0 Å². The zero-order valence-corrected chi connectivity index (χ0v) is 15.1. The molecule has 0 fully saturated rings. The van der Waals surface area contributed by atoms with Gasteiger partial charge in [0.05, 0.1) is 0 Å². The highest BCUT2D eigenvalue weighted by molar-refractivity contribution is 9.10. The van der Waals surface area contributed by atoms with Crippen LogP contribution in [0.15, 0.2) is 53.0 Å². The molecule has 0 atom stereocenters. The molecule has 0 spiro atoms. The van der Waals surface area contributed by atoms with E-state index in [1.165, 1.54) is 6.08 Å².